The third kappa shape index (κ3) is 3.59. The zero-order valence-corrected chi connectivity index (χ0v) is 13.2. The maximum Gasteiger partial charge on any atom is 0.227 e. The van der Waals surface area contributed by atoms with Gasteiger partial charge in [-0.3, -0.25) is 9.59 Å². The Labute approximate surface area is 136 Å². The van der Waals surface area contributed by atoms with Crippen LogP contribution in [0, 0.1) is 12.8 Å². The number of hydrogen-bond donors (Lipinski definition) is 1. The predicted octanol–water partition coefficient (Wildman–Crippen LogP) is 2.66. The molecule has 4 heteroatoms. The van der Waals surface area contributed by atoms with Crippen LogP contribution in [0.2, 0.25) is 0 Å². The summed E-state index contributed by atoms with van der Waals surface area (Å²) in [5, 5.41) is 2.94. The Hall–Kier alpha value is -2.62. The first kappa shape index (κ1) is 15.3. The standard InChI is InChI=1S/C19H20N2O2/c1-14-7-9-15(10-8-14)12-20-19(23)16-11-18(22)21(13-16)17-5-3-2-4-6-17/h2-10,16H,11-13H2,1H3,(H,20,23)/t16-/m0/s1. The Balaban J connectivity index is 1.58. The number of para-hydroxylation sites is 1. The van der Waals surface area contributed by atoms with Crippen LogP contribution in [0.15, 0.2) is 54.6 Å². The molecule has 0 radical (unpaired) electrons. The number of hydrogen-bond acceptors (Lipinski definition) is 2. The van der Waals surface area contributed by atoms with E-state index in [2.05, 4.69) is 5.32 Å². The van der Waals surface area contributed by atoms with E-state index in [1.165, 1.54) is 5.56 Å². The highest BCUT2D eigenvalue weighted by atomic mass is 16.2. The van der Waals surface area contributed by atoms with E-state index in [-0.39, 0.29) is 24.2 Å². The van der Waals surface area contributed by atoms with Crippen molar-refractivity contribution in [2.24, 2.45) is 5.92 Å². The molecule has 0 unspecified atom stereocenters. The number of anilines is 1. The van der Waals surface area contributed by atoms with Crippen LogP contribution >= 0.6 is 0 Å². The molecule has 0 spiro atoms. The van der Waals surface area contributed by atoms with Crippen LogP contribution in [-0.4, -0.2) is 18.4 Å². The van der Waals surface area contributed by atoms with E-state index in [0.29, 0.717) is 13.1 Å². The van der Waals surface area contributed by atoms with Gasteiger partial charge in [0.05, 0.1) is 5.92 Å². The summed E-state index contributed by atoms with van der Waals surface area (Å²) < 4.78 is 0. The van der Waals surface area contributed by atoms with Gasteiger partial charge in [0.15, 0.2) is 0 Å². The summed E-state index contributed by atoms with van der Waals surface area (Å²) >= 11 is 0. The van der Waals surface area contributed by atoms with Gasteiger partial charge in [-0.2, -0.15) is 0 Å². The number of amides is 2. The monoisotopic (exact) mass is 308 g/mol. The SMILES string of the molecule is Cc1ccc(CNC(=O)[C@H]2CC(=O)N(c3ccccc3)C2)cc1. The van der Waals surface area contributed by atoms with Gasteiger partial charge < -0.3 is 10.2 Å². The van der Waals surface area contributed by atoms with Crippen molar-refractivity contribution in [2.45, 2.75) is 19.9 Å². The lowest BCUT2D eigenvalue weighted by Crippen LogP contribution is -2.32. The molecule has 1 aliphatic rings. The van der Waals surface area contributed by atoms with Gasteiger partial charge >= 0.3 is 0 Å². The molecule has 2 aromatic carbocycles. The van der Waals surface area contributed by atoms with Gasteiger partial charge in [-0.1, -0.05) is 48.0 Å². The number of nitrogens with zero attached hydrogens (tertiary/aromatic N) is 1. The van der Waals surface area contributed by atoms with Crippen LogP contribution in [0.1, 0.15) is 17.5 Å². The molecule has 23 heavy (non-hydrogen) atoms. The molecule has 1 aliphatic heterocycles. The molecule has 2 amide bonds. The first-order chi connectivity index (χ1) is 11.1. The molecule has 1 N–H and O–H groups in total. The van der Waals surface area contributed by atoms with Crippen molar-refractivity contribution >= 4 is 17.5 Å². The van der Waals surface area contributed by atoms with Crippen LogP contribution in [0.5, 0.6) is 0 Å². The third-order valence-electron chi connectivity index (χ3n) is 4.15. The summed E-state index contributed by atoms with van der Waals surface area (Å²) in [5.74, 6) is -0.336. The van der Waals surface area contributed by atoms with Gasteiger partial charge in [-0.25, -0.2) is 0 Å². The molecule has 1 saturated heterocycles. The Morgan fingerprint density at radius 3 is 2.52 bits per heavy atom. The summed E-state index contributed by atoms with van der Waals surface area (Å²) in [7, 11) is 0. The van der Waals surface area contributed by atoms with Gasteiger partial charge in [-0.05, 0) is 24.6 Å². The molecule has 0 saturated carbocycles. The fourth-order valence-electron chi connectivity index (χ4n) is 2.78. The summed E-state index contributed by atoms with van der Waals surface area (Å²) in [5.41, 5.74) is 3.11. The van der Waals surface area contributed by atoms with Gasteiger partial charge in [0.25, 0.3) is 0 Å². The van der Waals surface area contributed by atoms with Gasteiger partial charge in [-0.15, -0.1) is 0 Å². The van der Waals surface area contributed by atoms with E-state index >= 15 is 0 Å². The molecule has 1 heterocycles. The van der Waals surface area contributed by atoms with Crippen LogP contribution in [0.25, 0.3) is 0 Å². The number of carbonyl (C=O) groups excluding carboxylic acids is 2. The minimum atomic E-state index is -0.284. The van der Waals surface area contributed by atoms with Crippen LogP contribution in [0.4, 0.5) is 5.69 Å². The third-order valence-corrected chi connectivity index (χ3v) is 4.15. The summed E-state index contributed by atoms with van der Waals surface area (Å²) in [6.07, 6.45) is 0.272. The maximum absolute atomic E-state index is 12.3. The highest BCUT2D eigenvalue weighted by molar-refractivity contribution is 6.00. The Morgan fingerprint density at radius 1 is 1.13 bits per heavy atom. The second kappa shape index (κ2) is 6.65. The molecular weight excluding hydrogens is 288 g/mol. The first-order valence-electron chi connectivity index (χ1n) is 7.82. The van der Waals surface area contributed by atoms with Crippen molar-refractivity contribution < 1.29 is 9.59 Å². The molecule has 4 nitrogen and oxygen atoms in total. The molecule has 2 aromatic rings. The second-order valence-corrected chi connectivity index (χ2v) is 5.94. The van der Waals surface area contributed by atoms with Gasteiger partial charge in [0, 0.05) is 25.2 Å². The fourth-order valence-corrected chi connectivity index (χ4v) is 2.78. The second-order valence-electron chi connectivity index (χ2n) is 5.94. The van der Waals surface area contributed by atoms with Gasteiger partial charge in [0.1, 0.15) is 0 Å². The zero-order chi connectivity index (χ0) is 16.2. The smallest absolute Gasteiger partial charge is 0.227 e. The summed E-state index contributed by atoms with van der Waals surface area (Å²) in [6, 6.07) is 17.6. The molecule has 3 rings (SSSR count). The van der Waals surface area contributed by atoms with E-state index in [1.54, 1.807) is 4.90 Å². The minimum Gasteiger partial charge on any atom is -0.352 e. The predicted molar refractivity (Wildman–Crippen MR) is 89.9 cm³/mol. The van der Waals surface area contributed by atoms with E-state index < -0.39 is 0 Å². The van der Waals surface area contributed by atoms with E-state index in [4.69, 9.17) is 0 Å². The lowest BCUT2D eigenvalue weighted by molar-refractivity contribution is -0.126. The van der Waals surface area contributed by atoms with Crippen LogP contribution in [-0.2, 0) is 16.1 Å². The average Bonchev–Trinajstić information content (AvgIpc) is 2.97. The van der Waals surface area contributed by atoms with Crippen molar-refractivity contribution in [3.8, 4) is 0 Å². The molecular formula is C19H20N2O2. The van der Waals surface area contributed by atoms with Crippen molar-refractivity contribution in [1.82, 2.24) is 5.32 Å². The molecule has 0 bridgehead atoms. The largest absolute Gasteiger partial charge is 0.352 e. The molecule has 0 aliphatic carbocycles. The highest BCUT2D eigenvalue weighted by Crippen LogP contribution is 2.24. The molecule has 1 atom stereocenters. The quantitative estimate of drug-likeness (QED) is 0.944. The lowest BCUT2D eigenvalue weighted by Gasteiger charge is -2.16. The normalized spacial score (nSPS) is 17.3. The Bertz CT molecular complexity index is 695. The van der Waals surface area contributed by atoms with Crippen molar-refractivity contribution in [3.63, 3.8) is 0 Å². The summed E-state index contributed by atoms with van der Waals surface area (Å²) in [6.45, 7) is 2.97. The topological polar surface area (TPSA) is 49.4 Å². The van der Waals surface area contributed by atoms with E-state index in [1.807, 2.05) is 61.5 Å². The number of benzene rings is 2. The zero-order valence-electron chi connectivity index (χ0n) is 13.2. The minimum absolute atomic E-state index is 0.00619. The molecule has 1 fully saturated rings. The lowest BCUT2D eigenvalue weighted by atomic mass is 10.1. The van der Waals surface area contributed by atoms with Crippen LogP contribution < -0.4 is 10.2 Å². The maximum atomic E-state index is 12.3. The molecule has 118 valence electrons. The number of aryl methyl sites for hydroxylation is 1. The van der Waals surface area contributed by atoms with Crippen molar-refractivity contribution in [1.29, 1.82) is 0 Å². The van der Waals surface area contributed by atoms with E-state index in [0.717, 1.165) is 11.3 Å². The number of nitrogens with one attached hydrogen (secondary N) is 1. The molecule has 0 aromatic heterocycles. The average molecular weight is 308 g/mol. The highest BCUT2D eigenvalue weighted by Gasteiger charge is 2.34. The first-order valence-corrected chi connectivity index (χ1v) is 7.82. The number of rotatable bonds is 4. The fraction of sp³-hybridized carbons (Fsp3) is 0.263. The van der Waals surface area contributed by atoms with Crippen molar-refractivity contribution in [3.05, 3.63) is 65.7 Å². The van der Waals surface area contributed by atoms with E-state index in [9.17, 15) is 9.59 Å². The van der Waals surface area contributed by atoms with Crippen molar-refractivity contribution in [2.75, 3.05) is 11.4 Å². The Kier molecular flexibility index (Phi) is 4.42. The number of carbonyl (C=O) groups is 2. The Morgan fingerprint density at radius 2 is 1.83 bits per heavy atom. The van der Waals surface area contributed by atoms with Gasteiger partial charge in [0.2, 0.25) is 11.8 Å². The summed E-state index contributed by atoms with van der Waals surface area (Å²) in [4.78, 5) is 26.2. The van der Waals surface area contributed by atoms with Crippen LogP contribution in [0.3, 0.4) is 0 Å².